The molecule has 2 aromatic heterocycles. The number of piperidine rings is 2. The number of hydrogen-bond donors (Lipinski definition) is 4. The van der Waals surface area contributed by atoms with E-state index >= 15 is 0 Å². The van der Waals surface area contributed by atoms with Gasteiger partial charge in [-0.2, -0.15) is 31.4 Å². The van der Waals surface area contributed by atoms with Gasteiger partial charge in [0.05, 0.1) is 24.1 Å². The van der Waals surface area contributed by atoms with Crippen LogP contribution in [0.5, 0.6) is 0 Å². The number of carbonyl (C=O) groups is 4. The van der Waals surface area contributed by atoms with E-state index in [1.165, 1.54) is 67.7 Å². The summed E-state index contributed by atoms with van der Waals surface area (Å²) in [6, 6.07) is 40.6. The van der Waals surface area contributed by atoms with Crippen molar-refractivity contribution in [3.8, 4) is 45.0 Å². The number of nitrogens with zero attached hydrogens (tertiary/aromatic N) is 7. The second-order valence-corrected chi connectivity index (χ2v) is 23.1. The van der Waals surface area contributed by atoms with Crippen LogP contribution in [0.4, 0.5) is 35.9 Å². The number of ether oxygens (including phenoxy) is 2. The summed E-state index contributed by atoms with van der Waals surface area (Å²) in [6.07, 6.45) is -4.37. The average molecular weight is 1220 g/mol. The summed E-state index contributed by atoms with van der Waals surface area (Å²) in [5, 5.41) is 26.1. The third kappa shape index (κ3) is 13.2. The zero-order chi connectivity index (χ0) is 62.3. The molecule has 4 heterocycles. The molecule has 14 rings (SSSR count). The number of fused-ring (bicyclic) bond motifs is 8. The minimum atomic E-state index is -4.48. The van der Waals surface area contributed by atoms with E-state index in [2.05, 4.69) is 109 Å². The van der Waals surface area contributed by atoms with Gasteiger partial charge in [-0.1, -0.05) is 97.1 Å². The Morgan fingerprint density at radius 1 is 0.596 bits per heavy atom. The fraction of sp³-hybridized carbons (Fsp3) is 0.303. The summed E-state index contributed by atoms with van der Waals surface area (Å²) in [5.74, 6) is 0.702. The Balaban J connectivity index is 0.000000143. The molecule has 0 radical (unpaired) electrons. The Hall–Kier alpha value is -9.64. The number of aryl methyl sites for hydroxylation is 3. The number of halogens is 6. The molecule has 458 valence electrons. The van der Waals surface area contributed by atoms with E-state index in [1.807, 2.05) is 24.3 Å². The number of alkyl carbamates (subject to hydrolysis) is 2. The fourth-order valence-corrected chi connectivity index (χ4v) is 12.7. The molecule has 3 amide bonds. The Morgan fingerprint density at radius 2 is 1.02 bits per heavy atom. The van der Waals surface area contributed by atoms with Crippen molar-refractivity contribution in [2.75, 3.05) is 39.4 Å². The van der Waals surface area contributed by atoms with Gasteiger partial charge in [0.25, 0.3) is 0 Å². The topological polar surface area (TPSA) is 208 Å². The number of aromatic nitrogens is 6. The normalized spacial score (nSPS) is 19.9. The number of nitrogens with one attached hydrogen (secondary N) is 3. The molecule has 23 heteroatoms. The van der Waals surface area contributed by atoms with Crippen molar-refractivity contribution in [1.29, 1.82) is 0 Å². The summed E-state index contributed by atoms with van der Waals surface area (Å²) in [6.45, 7) is 6.92. The molecule has 17 nitrogen and oxygen atoms in total. The van der Waals surface area contributed by atoms with Crippen molar-refractivity contribution in [3.05, 3.63) is 197 Å². The molecular formula is C66H60F6N10O7. The predicted octanol–water partition coefficient (Wildman–Crippen LogP) is 11.2. The van der Waals surface area contributed by atoms with Crippen molar-refractivity contribution in [1.82, 2.24) is 50.4 Å². The molecule has 2 saturated heterocycles. The monoisotopic (exact) mass is 1220 g/mol. The third-order valence-electron chi connectivity index (χ3n) is 17.1. The number of amides is 3. The Bertz CT molecular complexity index is 3920. The summed E-state index contributed by atoms with van der Waals surface area (Å²) in [7, 11) is 0. The van der Waals surface area contributed by atoms with Crippen molar-refractivity contribution in [2.45, 2.75) is 63.1 Å². The van der Waals surface area contributed by atoms with Crippen LogP contribution in [0.15, 0.2) is 152 Å². The van der Waals surface area contributed by atoms with E-state index in [4.69, 9.17) is 14.6 Å². The maximum Gasteiger partial charge on any atom is 0.416 e. The number of benzene rings is 6. The van der Waals surface area contributed by atoms with E-state index in [0.717, 1.165) is 48.5 Å². The van der Waals surface area contributed by atoms with Crippen LogP contribution in [0.1, 0.15) is 62.8 Å². The molecule has 4 fully saturated rings. The summed E-state index contributed by atoms with van der Waals surface area (Å²) >= 11 is 0. The lowest BCUT2D eigenvalue weighted by Gasteiger charge is -2.19. The number of carboxylic acid groups (broad SMARTS) is 1. The molecule has 8 aromatic rings. The molecule has 0 spiro atoms. The zero-order valence-corrected chi connectivity index (χ0v) is 48.1. The molecule has 4 unspecified atom stereocenters. The number of carbonyl (C=O) groups excluding carboxylic acids is 3. The summed E-state index contributed by atoms with van der Waals surface area (Å²) in [5.41, 5.74) is 9.49. The fourth-order valence-electron chi connectivity index (χ4n) is 12.7. The molecule has 4 aliphatic carbocycles. The largest absolute Gasteiger partial charge is 0.481 e. The Labute approximate surface area is 506 Å². The van der Waals surface area contributed by atoms with E-state index in [-0.39, 0.29) is 84.1 Å². The van der Waals surface area contributed by atoms with Crippen LogP contribution in [0, 0.1) is 37.5 Å². The lowest BCUT2D eigenvalue weighted by Crippen LogP contribution is -2.37. The van der Waals surface area contributed by atoms with Crippen LogP contribution >= 0.6 is 0 Å². The van der Waals surface area contributed by atoms with Crippen LogP contribution in [-0.2, 0) is 38.0 Å². The van der Waals surface area contributed by atoms with Crippen LogP contribution in [-0.4, -0.2) is 115 Å². The number of carboxylic acids is 1. The first-order valence-corrected chi connectivity index (χ1v) is 29.1. The van der Waals surface area contributed by atoms with Gasteiger partial charge in [0, 0.05) is 85.3 Å². The second kappa shape index (κ2) is 24.5. The molecule has 0 bridgehead atoms. The molecule has 4 N–H and O–H groups in total. The Kier molecular flexibility index (Phi) is 16.4. The lowest BCUT2D eigenvalue weighted by atomic mass is 9.98. The molecule has 2 aliphatic heterocycles. The maximum absolute atomic E-state index is 13.2. The van der Waals surface area contributed by atoms with E-state index < -0.39 is 35.5 Å². The van der Waals surface area contributed by atoms with Gasteiger partial charge in [0.15, 0.2) is 11.6 Å². The zero-order valence-electron chi connectivity index (χ0n) is 48.1. The summed E-state index contributed by atoms with van der Waals surface area (Å²) in [4.78, 5) is 57.8. The molecule has 2 saturated carbocycles. The SMILES string of the molecule is Cc1cc(-c2ncn(/C=C\C(=O)N3CC4C(C3)C4NC(=O)OCC3c4ccccc4-c4ccccc43)n2)cc(C(F)(F)F)c1.Cc1cc(-c2ncn(CCC(=O)O)n2)cc(C(F)(F)F)c1.O=C(NC1C2CNCC21)OCC1c2ccccc2-c2ccccc21. The average Bonchev–Trinajstić information content (AvgIpc) is 1.67. The first-order valence-electron chi connectivity index (χ1n) is 29.1. The minimum Gasteiger partial charge on any atom is -0.481 e. The predicted molar refractivity (Wildman–Crippen MR) is 315 cm³/mol. The van der Waals surface area contributed by atoms with Gasteiger partial charge >= 0.3 is 30.5 Å². The molecule has 4 atom stereocenters. The van der Waals surface area contributed by atoms with E-state index in [9.17, 15) is 45.5 Å². The highest BCUT2D eigenvalue weighted by Gasteiger charge is 2.57. The maximum atomic E-state index is 13.2. The van der Waals surface area contributed by atoms with Crippen molar-refractivity contribution in [3.63, 3.8) is 0 Å². The number of aliphatic carboxylic acids is 1. The highest BCUT2D eigenvalue weighted by molar-refractivity contribution is 5.90. The quantitative estimate of drug-likeness (QED) is 0.0628. The van der Waals surface area contributed by atoms with Gasteiger partial charge in [-0.15, -0.1) is 5.10 Å². The van der Waals surface area contributed by atoms with E-state index in [1.54, 1.807) is 30.9 Å². The first-order chi connectivity index (χ1) is 42.7. The number of rotatable bonds is 13. The van der Waals surface area contributed by atoms with Crippen LogP contribution in [0.3, 0.4) is 0 Å². The van der Waals surface area contributed by atoms with Crippen molar-refractivity contribution >= 4 is 30.3 Å². The van der Waals surface area contributed by atoms with Crippen LogP contribution < -0.4 is 16.0 Å². The second-order valence-electron chi connectivity index (χ2n) is 23.1. The molecule has 6 aromatic carbocycles. The molecular weight excluding hydrogens is 1160 g/mol. The molecule has 89 heavy (non-hydrogen) atoms. The first kappa shape index (κ1) is 59.7. The van der Waals surface area contributed by atoms with Gasteiger partial charge in [0.1, 0.15) is 25.9 Å². The minimum absolute atomic E-state index is 0.0120. The smallest absolute Gasteiger partial charge is 0.416 e. The van der Waals surface area contributed by atoms with Crippen LogP contribution in [0.25, 0.3) is 51.2 Å². The van der Waals surface area contributed by atoms with Gasteiger partial charge < -0.3 is 35.4 Å². The standard InChI is InChI=1S/C33H28F3N5O3.C20H20N2O2.C13H12F3N3O2/c1-19-12-20(14-21(13-19)33(34,35)36)31-37-18-41(39-31)11-10-29(42)40-15-26-27(16-40)30(26)38-32(43)44-17-28-24-8-4-2-6-22(24)23-7-3-5-9-25(23)28;23-20(22-19-16-9-21-10-17(16)19)24-11-18-14-7-3-1-5-12(14)13-6-2-4-8-15(13)18;1-8-4-9(6-10(5-8)13(14,15)16)12-17-7-19(18-12)3-2-11(20)21/h2-14,18,26-28,30H,15-17H2,1H3,(H,38,43);1-8,16-19,21H,9-11H2,(H,22,23);4-7H,2-3H2,1H3,(H,20,21)/b11-10-;;. The highest BCUT2D eigenvalue weighted by Crippen LogP contribution is 2.48. The van der Waals surface area contributed by atoms with Gasteiger partial charge in [-0.3, -0.25) is 14.3 Å². The summed E-state index contributed by atoms with van der Waals surface area (Å²) < 4.78 is 91.7. The van der Waals surface area contributed by atoms with Gasteiger partial charge in [-0.25, -0.2) is 24.2 Å². The van der Waals surface area contributed by atoms with Gasteiger partial charge in [-0.05, 0) is 118 Å². The lowest BCUT2D eigenvalue weighted by molar-refractivity contribution is -0.138. The van der Waals surface area contributed by atoms with Crippen molar-refractivity contribution in [2.24, 2.45) is 23.7 Å². The highest BCUT2D eigenvalue weighted by atomic mass is 19.4. The number of hydrogen-bond acceptors (Lipinski definition) is 11. The van der Waals surface area contributed by atoms with Crippen molar-refractivity contribution < 1.29 is 60.1 Å². The van der Waals surface area contributed by atoms with Gasteiger partial charge in [0.2, 0.25) is 5.91 Å². The third-order valence-corrected chi connectivity index (χ3v) is 17.1. The van der Waals surface area contributed by atoms with E-state index in [0.29, 0.717) is 48.7 Å². The Morgan fingerprint density at radius 3 is 1.47 bits per heavy atom. The molecule has 6 aliphatic rings. The number of alkyl halides is 6. The van der Waals surface area contributed by atoms with Crippen LogP contribution in [0.2, 0.25) is 0 Å². The number of likely N-dealkylation sites (tertiary alicyclic amines) is 1.